The lowest BCUT2D eigenvalue weighted by Crippen LogP contribution is -1.95. The minimum atomic E-state index is 0.807. The third kappa shape index (κ3) is 3.02. The first-order valence-corrected chi connectivity index (χ1v) is 15.0. The first kappa shape index (κ1) is 23.9. The van der Waals surface area contributed by atoms with Crippen LogP contribution in [0.15, 0.2) is 131 Å². The van der Waals surface area contributed by atoms with E-state index in [9.17, 15) is 0 Å². The van der Waals surface area contributed by atoms with Crippen molar-refractivity contribution in [1.82, 2.24) is 29.1 Å². The SMILES string of the molecule is c1cnc2c(c1)c1cnccc1n2-c1ccc2oc3ccc4oc5ccc(-n6c7ccncc7c7cccnc76)cc5c4c3c2c1. The third-order valence-electron chi connectivity index (χ3n) is 9.21. The smallest absolute Gasteiger partial charge is 0.145 e. The van der Waals surface area contributed by atoms with Crippen LogP contribution < -0.4 is 0 Å². The number of hydrogen-bond donors (Lipinski definition) is 0. The molecule has 0 saturated heterocycles. The molecule has 46 heavy (non-hydrogen) atoms. The largest absolute Gasteiger partial charge is 0.456 e. The van der Waals surface area contributed by atoms with Gasteiger partial charge < -0.3 is 8.83 Å². The first-order chi connectivity index (χ1) is 22.8. The van der Waals surface area contributed by atoms with E-state index in [1.807, 2.05) is 85.7 Å². The predicted octanol–water partition coefficient (Wildman–Crippen LogP) is 9.26. The van der Waals surface area contributed by atoms with Crippen LogP contribution in [0.4, 0.5) is 0 Å². The van der Waals surface area contributed by atoms with Gasteiger partial charge in [-0.25, -0.2) is 9.97 Å². The minimum absolute atomic E-state index is 0.807. The Morgan fingerprint density at radius 2 is 0.913 bits per heavy atom. The second kappa shape index (κ2) is 8.55. The average Bonchev–Trinajstić information content (AvgIpc) is 3.85. The summed E-state index contributed by atoms with van der Waals surface area (Å²) < 4.78 is 17.3. The van der Waals surface area contributed by atoms with E-state index in [0.29, 0.717) is 0 Å². The van der Waals surface area contributed by atoms with Crippen molar-refractivity contribution in [1.29, 1.82) is 0 Å². The van der Waals surface area contributed by atoms with Gasteiger partial charge in [-0.15, -0.1) is 0 Å². The van der Waals surface area contributed by atoms with Gasteiger partial charge in [0, 0.05) is 91.6 Å². The van der Waals surface area contributed by atoms with Crippen LogP contribution >= 0.6 is 0 Å². The molecule has 8 heteroatoms. The van der Waals surface area contributed by atoms with Gasteiger partial charge in [-0.05, 0) is 84.9 Å². The maximum absolute atomic E-state index is 6.45. The summed E-state index contributed by atoms with van der Waals surface area (Å²) in [7, 11) is 0. The molecule has 0 fully saturated rings. The Hall–Kier alpha value is -6.54. The van der Waals surface area contributed by atoms with E-state index in [-0.39, 0.29) is 0 Å². The fraction of sp³-hybridized carbons (Fsp3) is 0. The highest BCUT2D eigenvalue weighted by Gasteiger charge is 2.20. The standard InChI is InChI=1S/C38H20N6O2/c1-3-23-27-19-39-15-11-29(27)43(37(23)41-13-1)21-5-7-31-25(17-21)35-33(45-31)9-10-34-36(35)26-18-22(6-8-32(26)46-34)44-30-12-16-40-20-28(30)24-4-2-14-42-38(24)44/h1-20H. The molecule has 8 aromatic heterocycles. The van der Waals surface area contributed by atoms with Crippen LogP contribution in [0.25, 0.3) is 99.1 Å². The Morgan fingerprint density at radius 3 is 1.41 bits per heavy atom. The Labute approximate surface area is 258 Å². The van der Waals surface area contributed by atoms with Crippen LogP contribution in [0.5, 0.6) is 0 Å². The molecule has 0 saturated carbocycles. The maximum atomic E-state index is 6.45. The Kier molecular flexibility index (Phi) is 4.43. The molecule has 0 radical (unpaired) electrons. The molecule has 0 amide bonds. The van der Waals surface area contributed by atoms with Crippen LogP contribution in [0.2, 0.25) is 0 Å². The van der Waals surface area contributed by atoms with Crippen LogP contribution in [0.3, 0.4) is 0 Å². The molecule has 0 aliphatic rings. The summed E-state index contributed by atoms with van der Waals surface area (Å²) in [5.41, 5.74) is 9.10. The highest BCUT2D eigenvalue weighted by Crippen LogP contribution is 2.42. The van der Waals surface area contributed by atoms with E-state index in [4.69, 9.17) is 18.8 Å². The molecule has 11 rings (SSSR count). The average molecular weight is 593 g/mol. The minimum Gasteiger partial charge on any atom is -0.456 e. The lowest BCUT2D eigenvalue weighted by molar-refractivity contribution is 0.663. The number of nitrogens with zero attached hydrogens (tertiary/aromatic N) is 6. The molecule has 0 aliphatic carbocycles. The summed E-state index contributed by atoms with van der Waals surface area (Å²) in [5.74, 6) is 0. The lowest BCUT2D eigenvalue weighted by Gasteiger charge is -2.07. The van der Waals surface area contributed by atoms with E-state index in [0.717, 1.165) is 99.1 Å². The van der Waals surface area contributed by atoms with Crippen molar-refractivity contribution in [2.24, 2.45) is 0 Å². The predicted molar refractivity (Wildman–Crippen MR) is 181 cm³/mol. The van der Waals surface area contributed by atoms with Gasteiger partial charge in [0.15, 0.2) is 0 Å². The molecule has 8 nitrogen and oxygen atoms in total. The van der Waals surface area contributed by atoms with Gasteiger partial charge in [-0.3, -0.25) is 19.1 Å². The fourth-order valence-electron chi connectivity index (χ4n) is 7.29. The van der Waals surface area contributed by atoms with Gasteiger partial charge in [-0.1, -0.05) is 0 Å². The van der Waals surface area contributed by atoms with Gasteiger partial charge in [0.1, 0.15) is 33.6 Å². The number of hydrogen-bond acceptors (Lipinski definition) is 6. The first-order valence-electron chi connectivity index (χ1n) is 15.0. The molecular formula is C38H20N6O2. The zero-order valence-electron chi connectivity index (χ0n) is 24.0. The monoisotopic (exact) mass is 592 g/mol. The highest BCUT2D eigenvalue weighted by atomic mass is 16.3. The quantitative estimate of drug-likeness (QED) is 0.199. The van der Waals surface area contributed by atoms with Crippen LogP contribution in [0, 0.1) is 0 Å². The van der Waals surface area contributed by atoms with E-state index in [2.05, 4.69) is 55.5 Å². The van der Waals surface area contributed by atoms with Crippen LogP contribution in [-0.2, 0) is 0 Å². The number of benzene rings is 3. The van der Waals surface area contributed by atoms with E-state index < -0.39 is 0 Å². The lowest BCUT2D eigenvalue weighted by atomic mass is 10.0. The maximum Gasteiger partial charge on any atom is 0.145 e. The van der Waals surface area contributed by atoms with Gasteiger partial charge in [0.05, 0.1) is 11.0 Å². The van der Waals surface area contributed by atoms with Crippen molar-refractivity contribution in [3.8, 4) is 11.4 Å². The summed E-state index contributed by atoms with van der Waals surface area (Å²) in [4.78, 5) is 18.3. The van der Waals surface area contributed by atoms with Crippen molar-refractivity contribution >= 4 is 87.7 Å². The van der Waals surface area contributed by atoms with Gasteiger partial charge >= 0.3 is 0 Å². The van der Waals surface area contributed by atoms with E-state index in [1.54, 1.807) is 0 Å². The number of pyridine rings is 4. The molecule has 0 unspecified atom stereocenters. The van der Waals surface area contributed by atoms with Gasteiger partial charge in [0.2, 0.25) is 0 Å². The van der Waals surface area contributed by atoms with Gasteiger partial charge in [-0.2, -0.15) is 0 Å². The van der Waals surface area contributed by atoms with Crippen LogP contribution in [0.1, 0.15) is 0 Å². The van der Waals surface area contributed by atoms with Crippen molar-refractivity contribution in [2.75, 3.05) is 0 Å². The summed E-state index contributed by atoms with van der Waals surface area (Å²) in [6.07, 6.45) is 11.1. The molecule has 0 N–H and O–H groups in total. The molecule has 214 valence electrons. The van der Waals surface area contributed by atoms with Crippen molar-refractivity contribution in [3.05, 3.63) is 122 Å². The summed E-state index contributed by atoms with van der Waals surface area (Å²) in [5, 5.41) is 8.31. The summed E-state index contributed by atoms with van der Waals surface area (Å²) in [6.45, 7) is 0. The van der Waals surface area contributed by atoms with Gasteiger partial charge in [0.25, 0.3) is 0 Å². The topological polar surface area (TPSA) is 87.7 Å². The molecular weight excluding hydrogens is 572 g/mol. The molecule has 0 bridgehead atoms. The number of aromatic nitrogens is 6. The van der Waals surface area contributed by atoms with E-state index >= 15 is 0 Å². The molecule has 3 aromatic carbocycles. The third-order valence-corrected chi connectivity index (χ3v) is 9.21. The fourth-order valence-corrected chi connectivity index (χ4v) is 7.29. The Balaban J connectivity index is 1.22. The Morgan fingerprint density at radius 1 is 0.435 bits per heavy atom. The van der Waals surface area contributed by atoms with Crippen LogP contribution in [-0.4, -0.2) is 29.1 Å². The number of fused-ring (bicyclic) bond motifs is 13. The molecule has 11 aromatic rings. The second-order valence-corrected chi connectivity index (χ2v) is 11.6. The highest BCUT2D eigenvalue weighted by molar-refractivity contribution is 6.26. The molecule has 0 aliphatic heterocycles. The zero-order chi connectivity index (χ0) is 29.9. The van der Waals surface area contributed by atoms with Crippen molar-refractivity contribution in [3.63, 3.8) is 0 Å². The Bertz CT molecular complexity index is 2740. The summed E-state index contributed by atoms with van der Waals surface area (Å²) in [6, 6.07) is 28.9. The van der Waals surface area contributed by atoms with Crippen molar-refractivity contribution < 1.29 is 8.83 Å². The second-order valence-electron chi connectivity index (χ2n) is 11.6. The summed E-state index contributed by atoms with van der Waals surface area (Å²) >= 11 is 0. The van der Waals surface area contributed by atoms with Crippen molar-refractivity contribution in [2.45, 2.75) is 0 Å². The number of furan rings is 2. The molecule has 0 spiro atoms. The normalized spacial score (nSPS) is 12.3. The molecule has 0 atom stereocenters. The molecule has 8 heterocycles. The zero-order valence-corrected chi connectivity index (χ0v) is 24.0. The van der Waals surface area contributed by atoms with E-state index in [1.165, 1.54) is 0 Å². The number of rotatable bonds is 2.